The Morgan fingerprint density at radius 3 is 2.85 bits per heavy atom. The highest BCUT2D eigenvalue weighted by Crippen LogP contribution is 2.40. The van der Waals surface area contributed by atoms with Crippen molar-refractivity contribution in [1.29, 1.82) is 0 Å². The molecule has 0 bridgehead atoms. The van der Waals surface area contributed by atoms with Crippen LogP contribution in [-0.2, 0) is 33.0 Å². The maximum atomic E-state index is 13.2. The second kappa shape index (κ2) is 5.50. The molecule has 2 aliphatic rings. The lowest BCUT2D eigenvalue weighted by Crippen LogP contribution is -2.45. The van der Waals surface area contributed by atoms with Gasteiger partial charge in [0.25, 0.3) is 5.56 Å². The topological polar surface area (TPSA) is 70.4 Å². The number of hydrogen-bond donors (Lipinski definition) is 0. The fourth-order valence-corrected chi connectivity index (χ4v) is 4.25. The van der Waals surface area contributed by atoms with Crippen molar-refractivity contribution in [2.24, 2.45) is 0 Å². The molecule has 0 spiro atoms. The fourth-order valence-electron chi connectivity index (χ4n) is 4.25. The smallest absolute Gasteiger partial charge is 0.343 e. The maximum absolute atomic E-state index is 13.2. The molecule has 0 saturated heterocycles. The number of esters is 1. The van der Waals surface area contributed by atoms with E-state index in [1.165, 1.54) is 7.11 Å². The number of rotatable bonds is 2. The van der Waals surface area contributed by atoms with Crippen LogP contribution >= 0.6 is 0 Å². The Bertz CT molecular complexity index is 1170. The Kier molecular flexibility index (Phi) is 3.30. The molecule has 0 N–H and O–H groups in total. The molecule has 0 saturated carbocycles. The van der Waals surface area contributed by atoms with Gasteiger partial charge in [0.15, 0.2) is 5.60 Å². The highest BCUT2D eigenvalue weighted by atomic mass is 16.6. The average Bonchev–Trinajstić information content (AvgIpc) is 3.05. The van der Waals surface area contributed by atoms with Gasteiger partial charge in [0.1, 0.15) is 6.61 Å². The van der Waals surface area contributed by atoms with E-state index in [0.717, 1.165) is 27.9 Å². The number of pyridine rings is 2. The summed E-state index contributed by atoms with van der Waals surface area (Å²) in [7, 11) is 1.48. The average molecular weight is 362 g/mol. The zero-order valence-electron chi connectivity index (χ0n) is 15.1. The van der Waals surface area contributed by atoms with Gasteiger partial charge in [-0.15, -0.1) is 0 Å². The van der Waals surface area contributed by atoms with Crippen molar-refractivity contribution in [3.8, 4) is 11.4 Å². The van der Waals surface area contributed by atoms with E-state index in [4.69, 9.17) is 14.5 Å². The van der Waals surface area contributed by atoms with E-state index in [0.29, 0.717) is 24.1 Å². The van der Waals surface area contributed by atoms with Gasteiger partial charge in [0.05, 0.1) is 29.0 Å². The zero-order chi connectivity index (χ0) is 18.8. The molecule has 0 amide bonds. The van der Waals surface area contributed by atoms with E-state index < -0.39 is 11.6 Å². The Balaban J connectivity index is 1.81. The van der Waals surface area contributed by atoms with Crippen molar-refractivity contribution in [2.75, 3.05) is 7.11 Å². The van der Waals surface area contributed by atoms with Gasteiger partial charge in [-0.25, -0.2) is 9.78 Å². The van der Waals surface area contributed by atoms with Gasteiger partial charge in [0.2, 0.25) is 0 Å². The number of ether oxygens (including phenoxy) is 2. The molecule has 6 nitrogen and oxygen atoms in total. The fraction of sp³-hybridized carbons (Fsp3) is 0.286. The van der Waals surface area contributed by atoms with E-state index in [2.05, 4.69) is 6.07 Å². The van der Waals surface area contributed by atoms with Crippen LogP contribution in [0, 0.1) is 0 Å². The van der Waals surface area contributed by atoms with Crippen LogP contribution in [0.3, 0.4) is 0 Å². The van der Waals surface area contributed by atoms with Crippen molar-refractivity contribution in [1.82, 2.24) is 9.55 Å². The normalized spacial score (nSPS) is 20.1. The molecule has 6 heteroatoms. The SMILES string of the molecule is CCC1(OC)C(=O)OCc2c1cc1n(c2=O)Cc2cc3ccccc3nc2-1. The Labute approximate surface area is 155 Å². The first kappa shape index (κ1) is 16.2. The summed E-state index contributed by atoms with van der Waals surface area (Å²) in [5, 5.41) is 1.04. The second-order valence-electron chi connectivity index (χ2n) is 6.96. The van der Waals surface area contributed by atoms with Gasteiger partial charge in [-0.1, -0.05) is 25.1 Å². The maximum Gasteiger partial charge on any atom is 0.343 e. The first-order valence-electron chi connectivity index (χ1n) is 8.97. The summed E-state index contributed by atoms with van der Waals surface area (Å²) in [6.45, 7) is 2.29. The molecule has 4 heterocycles. The van der Waals surface area contributed by atoms with Crippen LogP contribution < -0.4 is 5.56 Å². The molecule has 0 aliphatic carbocycles. The van der Waals surface area contributed by atoms with Crippen LogP contribution in [0.15, 0.2) is 41.2 Å². The molecule has 27 heavy (non-hydrogen) atoms. The number of nitrogens with zero attached hydrogens (tertiary/aromatic N) is 2. The van der Waals surface area contributed by atoms with Crippen LogP contribution in [0.1, 0.15) is 30.0 Å². The van der Waals surface area contributed by atoms with E-state index in [9.17, 15) is 9.59 Å². The summed E-state index contributed by atoms with van der Waals surface area (Å²) < 4.78 is 12.6. The largest absolute Gasteiger partial charge is 0.458 e. The van der Waals surface area contributed by atoms with E-state index >= 15 is 0 Å². The van der Waals surface area contributed by atoms with Crippen LogP contribution in [0.2, 0.25) is 0 Å². The number of methoxy groups -OCH3 is 1. The predicted molar refractivity (Wildman–Crippen MR) is 99.3 cm³/mol. The summed E-state index contributed by atoms with van der Waals surface area (Å²) in [6, 6.07) is 11.8. The molecule has 5 rings (SSSR count). The summed E-state index contributed by atoms with van der Waals surface area (Å²) in [6.07, 6.45) is 0.385. The quantitative estimate of drug-likeness (QED) is 0.513. The van der Waals surface area contributed by atoms with E-state index in [-0.39, 0.29) is 12.2 Å². The number of aromatic nitrogens is 2. The lowest BCUT2D eigenvalue weighted by atomic mass is 9.85. The molecule has 3 aromatic rings. The molecule has 2 aromatic heterocycles. The second-order valence-corrected chi connectivity index (χ2v) is 6.96. The monoisotopic (exact) mass is 362 g/mol. The first-order chi connectivity index (χ1) is 13.1. The zero-order valence-corrected chi connectivity index (χ0v) is 15.1. The van der Waals surface area contributed by atoms with Gasteiger partial charge in [0, 0.05) is 23.6 Å². The van der Waals surface area contributed by atoms with E-state index in [1.54, 1.807) is 4.57 Å². The Morgan fingerprint density at radius 1 is 1.26 bits per heavy atom. The standard InChI is InChI=1S/C21H18N2O4/c1-3-21(26-2)15-9-17-18-13(8-12-6-4-5-7-16(12)22-18)10-23(17)19(24)14(15)11-27-20(21)25/h4-9H,3,10-11H2,1-2H3. The molecule has 136 valence electrons. The summed E-state index contributed by atoms with van der Waals surface area (Å²) in [5.41, 5.74) is 3.08. The molecule has 0 radical (unpaired) electrons. The van der Waals surface area contributed by atoms with Crippen molar-refractivity contribution in [3.63, 3.8) is 0 Å². The number of hydrogen-bond acceptors (Lipinski definition) is 5. The third kappa shape index (κ3) is 2.01. The predicted octanol–water partition coefficient (Wildman–Crippen LogP) is 2.73. The van der Waals surface area contributed by atoms with Gasteiger partial charge in [-0.2, -0.15) is 0 Å². The minimum absolute atomic E-state index is 0.0237. The number of para-hydroxylation sites is 1. The number of benzene rings is 1. The molecule has 1 atom stereocenters. The third-order valence-corrected chi connectivity index (χ3v) is 5.73. The van der Waals surface area contributed by atoms with Gasteiger partial charge in [-0.05, 0) is 24.6 Å². The van der Waals surface area contributed by atoms with Gasteiger partial charge >= 0.3 is 5.97 Å². The molecule has 1 unspecified atom stereocenters. The van der Waals surface area contributed by atoms with E-state index in [1.807, 2.05) is 37.3 Å². The summed E-state index contributed by atoms with van der Waals surface area (Å²) >= 11 is 0. The summed E-state index contributed by atoms with van der Waals surface area (Å²) in [4.78, 5) is 30.5. The number of carbonyl (C=O) groups is 1. The van der Waals surface area contributed by atoms with Crippen molar-refractivity contribution >= 4 is 16.9 Å². The van der Waals surface area contributed by atoms with Crippen LogP contribution in [-0.4, -0.2) is 22.6 Å². The molecule has 0 fully saturated rings. The van der Waals surface area contributed by atoms with Gasteiger partial charge in [-0.3, -0.25) is 4.79 Å². The highest BCUT2D eigenvalue weighted by Gasteiger charge is 2.47. The molecular weight excluding hydrogens is 344 g/mol. The number of cyclic esters (lactones) is 1. The lowest BCUT2D eigenvalue weighted by molar-refractivity contribution is -0.176. The molecule has 2 aliphatic heterocycles. The van der Waals surface area contributed by atoms with Crippen molar-refractivity contribution in [2.45, 2.75) is 32.1 Å². The number of carbonyl (C=O) groups excluding carboxylic acids is 1. The Hall–Kier alpha value is -2.99. The molecule has 1 aromatic carbocycles. The van der Waals surface area contributed by atoms with Gasteiger partial charge < -0.3 is 14.0 Å². The van der Waals surface area contributed by atoms with Crippen LogP contribution in [0.25, 0.3) is 22.3 Å². The van der Waals surface area contributed by atoms with Crippen molar-refractivity contribution in [3.05, 3.63) is 63.4 Å². The third-order valence-electron chi connectivity index (χ3n) is 5.73. The highest BCUT2D eigenvalue weighted by molar-refractivity contribution is 5.86. The first-order valence-corrected chi connectivity index (χ1v) is 8.97. The minimum Gasteiger partial charge on any atom is -0.458 e. The van der Waals surface area contributed by atoms with Crippen LogP contribution in [0.4, 0.5) is 0 Å². The van der Waals surface area contributed by atoms with Crippen LogP contribution in [0.5, 0.6) is 0 Å². The number of fused-ring (bicyclic) bond motifs is 5. The lowest BCUT2D eigenvalue weighted by Gasteiger charge is -2.34. The molecular formula is C21H18N2O4. The summed E-state index contributed by atoms with van der Waals surface area (Å²) in [5.74, 6) is -0.450. The Morgan fingerprint density at radius 2 is 2.07 bits per heavy atom. The minimum atomic E-state index is -1.25. The van der Waals surface area contributed by atoms with Crippen molar-refractivity contribution < 1.29 is 14.3 Å².